The smallest absolute Gasteiger partial charge is 0.129 e. The lowest BCUT2D eigenvalue weighted by Crippen LogP contribution is -2.34. The van der Waals surface area contributed by atoms with E-state index < -0.39 is 0 Å². The fourth-order valence-corrected chi connectivity index (χ4v) is 1.99. The lowest BCUT2D eigenvalue weighted by Gasteiger charge is -2.21. The van der Waals surface area contributed by atoms with Gasteiger partial charge in [0, 0.05) is 18.8 Å². The third-order valence-corrected chi connectivity index (χ3v) is 3.14. The van der Waals surface area contributed by atoms with Crippen LogP contribution in [0.2, 0.25) is 0 Å². The first-order chi connectivity index (χ1) is 9.03. The first-order valence-electron chi connectivity index (χ1n) is 7.05. The van der Waals surface area contributed by atoms with E-state index in [1.807, 2.05) is 12.1 Å². The van der Waals surface area contributed by atoms with Gasteiger partial charge >= 0.3 is 0 Å². The van der Waals surface area contributed by atoms with E-state index in [4.69, 9.17) is 13.9 Å². The molecule has 108 valence electrons. The summed E-state index contributed by atoms with van der Waals surface area (Å²) < 4.78 is 16.9. The van der Waals surface area contributed by atoms with Gasteiger partial charge in [0.15, 0.2) is 0 Å². The summed E-state index contributed by atoms with van der Waals surface area (Å²) in [5, 5.41) is 3.41. The minimum atomic E-state index is 0.103. The quantitative estimate of drug-likeness (QED) is 0.891. The van der Waals surface area contributed by atoms with Crippen LogP contribution in [0.3, 0.4) is 0 Å². The average molecular weight is 267 g/mol. The van der Waals surface area contributed by atoms with Crippen molar-refractivity contribution >= 4 is 0 Å². The maximum absolute atomic E-state index is 5.83. The van der Waals surface area contributed by atoms with Gasteiger partial charge in [-0.25, -0.2) is 0 Å². The van der Waals surface area contributed by atoms with Gasteiger partial charge in [-0.3, -0.25) is 0 Å². The highest BCUT2D eigenvalue weighted by Gasteiger charge is 2.15. The van der Waals surface area contributed by atoms with Crippen LogP contribution in [-0.2, 0) is 22.6 Å². The maximum atomic E-state index is 5.83. The molecule has 1 aliphatic heterocycles. The predicted octanol–water partition coefficient (Wildman–Crippen LogP) is 2.86. The molecule has 0 atom stereocenters. The molecule has 0 radical (unpaired) electrons. The highest BCUT2D eigenvalue weighted by Crippen LogP contribution is 2.15. The molecule has 1 saturated heterocycles. The second kappa shape index (κ2) is 6.55. The zero-order valence-electron chi connectivity index (χ0n) is 12.2. The molecule has 2 heterocycles. The van der Waals surface area contributed by atoms with Crippen LogP contribution >= 0.6 is 0 Å². The van der Waals surface area contributed by atoms with E-state index in [-0.39, 0.29) is 5.54 Å². The van der Waals surface area contributed by atoms with E-state index in [1.165, 1.54) is 0 Å². The van der Waals surface area contributed by atoms with Gasteiger partial charge in [-0.15, -0.1) is 0 Å². The Morgan fingerprint density at radius 1 is 1.21 bits per heavy atom. The molecule has 0 aliphatic carbocycles. The minimum Gasteiger partial charge on any atom is -0.462 e. The number of furan rings is 1. The lowest BCUT2D eigenvalue weighted by atomic mass is 10.1. The van der Waals surface area contributed by atoms with Crippen LogP contribution in [0.1, 0.15) is 45.1 Å². The van der Waals surface area contributed by atoms with Crippen LogP contribution in [0.25, 0.3) is 0 Å². The average Bonchev–Trinajstić information content (AvgIpc) is 2.82. The summed E-state index contributed by atoms with van der Waals surface area (Å²) in [4.78, 5) is 0. The lowest BCUT2D eigenvalue weighted by molar-refractivity contribution is -0.0435. The van der Waals surface area contributed by atoms with E-state index in [9.17, 15) is 0 Å². The van der Waals surface area contributed by atoms with Crippen molar-refractivity contribution in [2.45, 2.75) is 58.4 Å². The van der Waals surface area contributed by atoms with Gasteiger partial charge in [0.25, 0.3) is 0 Å². The molecule has 4 nitrogen and oxygen atoms in total. The first-order valence-corrected chi connectivity index (χ1v) is 7.05. The van der Waals surface area contributed by atoms with E-state index in [2.05, 4.69) is 26.1 Å². The van der Waals surface area contributed by atoms with Crippen molar-refractivity contribution in [1.29, 1.82) is 0 Å². The second-order valence-electron chi connectivity index (χ2n) is 6.09. The van der Waals surface area contributed by atoms with Crippen LogP contribution in [0.15, 0.2) is 16.5 Å². The Labute approximate surface area is 115 Å². The van der Waals surface area contributed by atoms with Crippen molar-refractivity contribution in [3.63, 3.8) is 0 Å². The van der Waals surface area contributed by atoms with Gasteiger partial charge < -0.3 is 19.2 Å². The number of rotatable bonds is 5. The molecular weight excluding hydrogens is 242 g/mol. The highest BCUT2D eigenvalue weighted by atomic mass is 16.5. The van der Waals surface area contributed by atoms with Gasteiger partial charge in [-0.2, -0.15) is 0 Å². The fourth-order valence-electron chi connectivity index (χ4n) is 1.99. The third kappa shape index (κ3) is 5.35. The Hall–Kier alpha value is -0.840. The zero-order valence-corrected chi connectivity index (χ0v) is 12.2. The van der Waals surface area contributed by atoms with Crippen molar-refractivity contribution < 1.29 is 13.9 Å². The molecule has 0 amide bonds. The molecule has 1 aliphatic rings. The molecule has 0 aromatic carbocycles. The molecule has 19 heavy (non-hydrogen) atoms. The summed E-state index contributed by atoms with van der Waals surface area (Å²) in [6.45, 7) is 9.36. The van der Waals surface area contributed by atoms with Crippen molar-refractivity contribution in [3.05, 3.63) is 23.7 Å². The third-order valence-electron chi connectivity index (χ3n) is 3.14. The number of hydrogen-bond donors (Lipinski definition) is 1. The molecule has 1 aromatic rings. The summed E-state index contributed by atoms with van der Waals surface area (Å²) in [6.07, 6.45) is 2.29. The zero-order chi connectivity index (χ0) is 13.7. The van der Waals surface area contributed by atoms with Gasteiger partial charge in [-0.1, -0.05) is 0 Å². The van der Waals surface area contributed by atoms with Crippen molar-refractivity contribution in [2.75, 3.05) is 13.2 Å². The van der Waals surface area contributed by atoms with Crippen LogP contribution in [-0.4, -0.2) is 24.9 Å². The molecule has 2 rings (SSSR count). The van der Waals surface area contributed by atoms with Crippen LogP contribution in [0, 0.1) is 0 Å². The van der Waals surface area contributed by atoms with Crippen LogP contribution < -0.4 is 5.32 Å². The predicted molar refractivity (Wildman–Crippen MR) is 73.9 cm³/mol. The number of hydrogen-bond acceptors (Lipinski definition) is 4. The van der Waals surface area contributed by atoms with E-state index in [1.54, 1.807) is 0 Å². The summed E-state index contributed by atoms with van der Waals surface area (Å²) in [5.41, 5.74) is 0.103. The molecule has 1 N–H and O–H groups in total. The Balaban J connectivity index is 1.74. The van der Waals surface area contributed by atoms with Crippen molar-refractivity contribution in [3.8, 4) is 0 Å². The first kappa shape index (κ1) is 14.6. The van der Waals surface area contributed by atoms with E-state index in [0.29, 0.717) is 12.7 Å². The molecule has 0 spiro atoms. The second-order valence-corrected chi connectivity index (χ2v) is 6.09. The Morgan fingerprint density at radius 2 is 1.89 bits per heavy atom. The number of nitrogens with one attached hydrogen (secondary N) is 1. The topological polar surface area (TPSA) is 43.6 Å². The Kier molecular flexibility index (Phi) is 5.02. The van der Waals surface area contributed by atoms with Gasteiger partial charge in [0.1, 0.15) is 18.1 Å². The summed E-state index contributed by atoms with van der Waals surface area (Å²) in [7, 11) is 0. The summed E-state index contributed by atoms with van der Waals surface area (Å²) in [5.74, 6) is 1.86. The van der Waals surface area contributed by atoms with Crippen molar-refractivity contribution in [1.82, 2.24) is 5.32 Å². The van der Waals surface area contributed by atoms with E-state index in [0.717, 1.165) is 44.1 Å². The van der Waals surface area contributed by atoms with Gasteiger partial charge in [0.2, 0.25) is 0 Å². The summed E-state index contributed by atoms with van der Waals surface area (Å²) >= 11 is 0. The SMILES string of the molecule is CC(C)(C)NCc1ccc(COC2CCOCC2)o1. The molecule has 0 bridgehead atoms. The molecule has 0 unspecified atom stereocenters. The minimum absolute atomic E-state index is 0.103. The highest BCUT2D eigenvalue weighted by molar-refractivity contribution is 5.06. The largest absolute Gasteiger partial charge is 0.462 e. The summed E-state index contributed by atoms with van der Waals surface area (Å²) in [6, 6.07) is 4.01. The van der Waals surface area contributed by atoms with Crippen molar-refractivity contribution in [2.24, 2.45) is 0 Å². The monoisotopic (exact) mass is 267 g/mol. The molecule has 1 fully saturated rings. The molecule has 0 saturated carbocycles. The standard InChI is InChI=1S/C15H25NO3/c1-15(2,3)16-10-13-4-5-14(19-13)11-18-12-6-8-17-9-7-12/h4-5,12,16H,6-11H2,1-3H3. The molecule has 1 aromatic heterocycles. The van der Waals surface area contributed by atoms with E-state index >= 15 is 0 Å². The molecule has 4 heteroatoms. The van der Waals surface area contributed by atoms with Crippen LogP contribution in [0.5, 0.6) is 0 Å². The van der Waals surface area contributed by atoms with Gasteiger partial charge in [-0.05, 0) is 45.7 Å². The molecular formula is C15H25NO3. The Bertz CT molecular complexity index is 375. The maximum Gasteiger partial charge on any atom is 0.129 e. The number of ether oxygens (including phenoxy) is 2. The van der Waals surface area contributed by atoms with Crippen LogP contribution in [0.4, 0.5) is 0 Å². The fraction of sp³-hybridized carbons (Fsp3) is 0.733. The Morgan fingerprint density at radius 3 is 2.58 bits per heavy atom. The normalized spacial score (nSPS) is 17.8. The van der Waals surface area contributed by atoms with Gasteiger partial charge in [0.05, 0.1) is 12.6 Å².